The van der Waals surface area contributed by atoms with Gasteiger partial charge in [-0.25, -0.2) is 9.97 Å². The van der Waals surface area contributed by atoms with E-state index in [-0.39, 0.29) is 11.7 Å². The Bertz CT molecular complexity index is 963. The molecular weight excluding hydrogens is 364 g/mol. The molecule has 1 aliphatic rings. The molecule has 1 aromatic carbocycles. The highest BCUT2D eigenvalue weighted by Gasteiger charge is 2.26. The van der Waals surface area contributed by atoms with Crippen molar-refractivity contribution < 1.29 is 4.79 Å². The van der Waals surface area contributed by atoms with Gasteiger partial charge in [0.2, 0.25) is 5.82 Å². The summed E-state index contributed by atoms with van der Waals surface area (Å²) in [6.45, 7) is 8.38. The summed E-state index contributed by atoms with van der Waals surface area (Å²) in [6, 6.07) is 8.49. The second-order valence-corrected chi connectivity index (χ2v) is 7.85. The van der Waals surface area contributed by atoms with Gasteiger partial charge in [0.05, 0.1) is 11.6 Å². The highest BCUT2D eigenvalue weighted by atomic mass is 16.2. The van der Waals surface area contributed by atoms with E-state index >= 15 is 0 Å². The summed E-state index contributed by atoms with van der Waals surface area (Å²) in [6.07, 6.45) is 1.01. The molecule has 1 N–H and O–H groups in total. The van der Waals surface area contributed by atoms with E-state index in [9.17, 15) is 4.79 Å². The van der Waals surface area contributed by atoms with Crippen molar-refractivity contribution in [2.75, 3.05) is 32.1 Å². The largest absolute Gasteiger partial charge is 0.355 e. The third-order valence-electron chi connectivity index (χ3n) is 5.45. The van der Waals surface area contributed by atoms with Crippen molar-refractivity contribution in [2.45, 2.75) is 39.8 Å². The van der Waals surface area contributed by atoms with Crippen molar-refractivity contribution in [3.05, 3.63) is 52.0 Å². The number of carbonyl (C=O) groups excluding carboxylic acids is 1. The lowest BCUT2D eigenvalue weighted by Gasteiger charge is -2.22. The molecule has 1 fully saturated rings. The fourth-order valence-electron chi connectivity index (χ4n) is 3.56. The molecule has 0 radical (unpaired) electrons. The fraction of sp³-hybridized carbons (Fsp3) is 0.455. The SMILES string of the molecule is Cc1cc(CN[C@@H]2CCN(c3nc(C(=O)N(C)C)nc(C)c3C)C2)ccc1C#N. The van der Waals surface area contributed by atoms with Crippen LogP contribution < -0.4 is 10.2 Å². The van der Waals surface area contributed by atoms with Crippen LogP contribution >= 0.6 is 0 Å². The molecule has 2 heterocycles. The number of hydrogen-bond acceptors (Lipinski definition) is 6. The third kappa shape index (κ3) is 4.54. The molecule has 2 aromatic rings. The average molecular weight is 393 g/mol. The van der Waals surface area contributed by atoms with Gasteiger partial charge in [-0.3, -0.25) is 4.79 Å². The highest BCUT2D eigenvalue weighted by molar-refractivity contribution is 5.90. The number of amides is 1. The molecule has 29 heavy (non-hydrogen) atoms. The van der Waals surface area contributed by atoms with Gasteiger partial charge in [0.25, 0.3) is 5.91 Å². The maximum atomic E-state index is 12.3. The lowest BCUT2D eigenvalue weighted by atomic mass is 10.1. The number of aryl methyl sites for hydroxylation is 2. The first kappa shape index (κ1) is 20.7. The van der Waals surface area contributed by atoms with Crippen LogP contribution in [0.1, 0.15) is 45.0 Å². The van der Waals surface area contributed by atoms with E-state index in [4.69, 9.17) is 5.26 Å². The summed E-state index contributed by atoms with van der Waals surface area (Å²) in [5.74, 6) is 0.915. The number of nitrogens with one attached hydrogen (secondary N) is 1. The Morgan fingerprint density at radius 2 is 2.07 bits per heavy atom. The van der Waals surface area contributed by atoms with Gasteiger partial charge in [-0.2, -0.15) is 5.26 Å². The van der Waals surface area contributed by atoms with E-state index in [0.717, 1.165) is 54.3 Å². The number of rotatable bonds is 5. The quantitative estimate of drug-likeness (QED) is 0.841. The number of nitrogens with zero attached hydrogens (tertiary/aromatic N) is 5. The Morgan fingerprint density at radius 3 is 2.72 bits per heavy atom. The second-order valence-electron chi connectivity index (χ2n) is 7.85. The predicted molar refractivity (Wildman–Crippen MR) is 113 cm³/mol. The number of hydrogen-bond donors (Lipinski definition) is 1. The molecule has 0 bridgehead atoms. The van der Waals surface area contributed by atoms with Crippen LogP contribution in [0.25, 0.3) is 0 Å². The Labute approximate surface area is 172 Å². The summed E-state index contributed by atoms with van der Waals surface area (Å²) in [7, 11) is 3.42. The lowest BCUT2D eigenvalue weighted by Crippen LogP contribution is -2.33. The molecule has 0 saturated carbocycles. The average Bonchev–Trinajstić information content (AvgIpc) is 3.16. The molecule has 1 saturated heterocycles. The minimum absolute atomic E-state index is 0.181. The number of anilines is 1. The maximum absolute atomic E-state index is 12.3. The zero-order chi connectivity index (χ0) is 21.1. The molecule has 1 atom stereocenters. The first-order valence-corrected chi connectivity index (χ1v) is 9.85. The zero-order valence-electron chi connectivity index (χ0n) is 17.8. The Morgan fingerprint density at radius 1 is 1.31 bits per heavy atom. The van der Waals surface area contributed by atoms with E-state index < -0.39 is 0 Å². The highest BCUT2D eigenvalue weighted by Crippen LogP contribution is 2.24. The summed E-state index contributed by atoms with van der Waals surface area (Å²) in [5, 5.41) is 12.7. The molecule has 0 aliphatic carbocycles. The van der Waals surface area contributed by atoms with Gasteiger partial charge in [-0.1, -0.05) is 12.1 Å². The number of aromatic nitrogens is 2. The van der Waals surface area contributed by atoms with Crippen molar-refractivity contribution in [3.8, 4) is 6.07 Å². The van der Waals surface area contributed by atoms with E-state index in [1.807, 2.05) is 32.9 Å². The zero-order valence-corrected chi connectivity index (χ0v) is 17.8. The first-order valence-electron chi connectivity index (χ1n) is 9.85. The number of carbonyl (C=O) groups is 1. The van der Waals surface area contributed by atoms with Crippen LogP contribution in [-0.4, -0.2) is 54.0 Å². The molecular formula is C22H28N6O. The van der Waals surface area contributed by atoms with Crippen LogP contribution in [-0.2, 0) is 6.54 Å². The monoisotopic (exact) mass is 392 g/mol. The summed E-state index contributed by atoms with van der Waals surface area (Å²) < 4.78 is 0. The van der Waals surface area contributed by atoms with Crippen LogP contribution in [0.2, 0.25) is 0 Å². The summed E-state index contributed by atoms with van der Waals surface area (Å²) in [5.41, 5.74) is 4.75. The first-order chi connectivity index (χ1) is 13.8. The van der Waals surface area contributed by atoms with Crippen molar-refractivity contribution in [3.63, 3.8) is 0 Å². The van der Waals surface area contributed by atoms with Crippen molar-refractivity contribution in [1.82, 2.24) is 20.2 Å². The number of nitriles is 1. The fourth-order valence-corrected chi connectivity index (χ4v) is 3.56. The minimum atomic E-state index is -0.181. The normalized spacial score (nSPS) is 16.0. The molecule has 1 amide bonds. The van der Waals surface area contributed by atoms with Gasteiger partial charge in [0, 0.05) is 51.0 Å². The topological polar surface area (TPSA) is 85.2 Å². The Kier molecular flexibility index (Phi) is 6.14. The van der Waals surface area contributed by atoms with Crippen molar-refractivity contribution in [1.29, 1.82) is 5.26 Å². The number of benzene rings is 1. The lowest BCUT2D eigenvalue weighted by molar-refractivity contribution is 0.0815. The van der Waals surface area contributed by atoms with Crippen LogP contribution in [0.4, 0.5) is 5.82 Å². The van der Waals surface area contributed by atoms with Crippen molar-refractivity contribution >= 4 is 11.7 Å². The van der Waals surface area contributed by atoms with Gasteiger partial charge >= 0.3 is 0 Å². The van der Waals surface area contributed by atoms with E-state index in [1.165, 1.54) is 10.5 Å². The van der Waals surface area contributed by atoms with Gasteiger partial charge < -0.3 is 15.1 Å². The molecule has 152 valence electrons. The van der Waals surface area contributed by atoms with E-state index in [2.05, 4.69) is 32.3 Å². The van der Waals surface area contributed by atoms with Gasteiger partial charge in [0.1, 0.15) is 5.82 Å². The summed E-state index contributed by atoms with van der Waals surface area (Å²) >= 11 is 0. The van der Waals surface area contributed by atoms with Crippen LogP contribution in [0.5, 0.6) is 0 Å². The van der Waals surface area contributed by atoms with Crippen LogP contribution in [0.3, 0.4) is 0 Å². The van der Waals surface area contributed by atoms with Gasteiger partial charge in [0.15, 0.2) is 0 Å². The Balaban J connectivity index is 1.68. The molecule has 3 rings (SSSR count). The minimum Gasteiger partial charge on any atom is -0.355 e. The molecule has 7 heteroatoms. The van der Waals surface area contributed by atoms with E-state index in [1.54, 1.807) is 14.1 Å². The standard InChI is InChI=1S/C22H28N6O/c1-14-10-17(6-7-18(14)11-23)12-24-19-8-9-28(13-19)21-15(2)16(3)25-20(26-21)22(29)27(4)5/h6-7,10,19,24H,8-9,12-13H2,1-5H3/t19-/m1/s1. The Hall–Kier alpha value is -2.98. The molecule has 0 spiro atoms. The molecule has 1 aromatic heterocycles. The summed E-state index contributed by atoms with van der Waals surface area (Å²) in [4.78, 5) is 25.0. The van der Waals surface area contributed by atoms with Crippen molar-refractivity contribution in [2.24, 2.45) is 0 Å². The van der Waals surface area contributed by atoms with Gasteiger partial charge in [-0.05, 0) is 44.4 Å². The predicted octanol–water partition coefficient (Wildman–Crippen LogP) is 2.34. The second kappa shape index (κ2) is 8.58. The maximum Gasteiger partial charge on any atom is 0.291 e. The smallest absolute Gasteiger partial charge is 0.291 e. The van der Waals surface area contributed by atoms with E-state index in [0.29, 0.717) is 6.04 Å². The van der Waals surface area contributed by atoms with Gasteiger partial charge in [-0.15, -0.1) is 0 Å². The molecule has 1 aliphatic heterocycles. The van der Waals surface area contributed by atoms with Crippen LogP contribution in [0.15, 0.2) is 18.2 Å². The third-order valence-corrected chi connectivity index (χ3v) is 5.45. The van der Waals surface area contributed by atoms with Crippen LogP contribution in [0, 0.1) is 32.1 Å². The molecule has 0 unspecified atom stereocenters. The molecule has 7 nitrogen and oxygen atoms in total.